The first kappa shape index (κ1) is 25.4. The van der Waals surface area contributed by atoms with Crippen molar-refractivity contribution in [1.29, 1.82) is 0 Å². The van der Waals surface area contributed by atoms with Crippen molar-refractivity contribution in [2.75, 3.05) is 27.7 Å². The van der Waals surface area contributed by atoms with Crippen molar-refractivity contribution in [3.05, 3.63) is 118 Å². The average molecular weight is 556 g/mol. The summed E-state index contributed by atoms with van der Waals surface area (Å²) in [7, 11) is 5.72. The van der Waals surface area contributed by atoms with Crippen LogP contribution in [0.25, 0.3) is 21.7 Å². The number of methoxy groups -OCH3 is 1. The lowest BCUT2D eigenvalue weighted by Crippen LogP contribution is -2.37. The van der Waals surface area contributed by atoms with E-state index in [0.29, 0.717) is 18.8 Å². The Morgan fingerprint density at radius 3 is 2.32 bits per heavy atom. The minimum Gasteiger partial charge on any atom is -0.481 e. The van der Waals surface area contributed by atoms with E-state index in [2.05, 4.69) is 75.4 Å². The molecule has 0 aliphatic rings. The lowest BCUT2D eigenvalue weighted by Gasteiger charge is -2.39. The molecule has 0 radical (unpaired) electrons. The molecule has 0 amide bonds. The Morgan fingerprint density at radius 2 is 1.59 bits per heavy atom. The predicted molar refractivity (Wildman–Crippen MR) is 155 cm³/mol. The molecule has 188 valence electrons. The van der Waals surface area contributed by atoms with Crippen LogP contribution in [-0.4, -0.2) is 42.7 Å². The largest absolute Gasteiger partial charge is 0.481 e. The number of aromatic nitrogens is 1. The number of pyridine rings is 1. The van der Waals surface area contributed by atoms with E-state index in [1.165, 1.54) is 0 Å². The molecule has 4 nitrogen and oxygen atoms in total. The average Bonchev–Trinajstić information content (AvgIpc) is 2.92. The van der Waals surface area contributed by atoms with Crippen LogP contribution in [0.3, 0.4) is 0 Å². The molecule has 1 N–H and O–H groups in total. The van der Waals surface area contributed by atoms with Crippen molar-refractivity contribution in [3.8, 4) is 5.88 Å². The molecular weight excluding hydrogens is 524 g/mol. The summed E-state index contributed by atoms with van der Waals surface area (Å²) < 4.78 is 6.85. The smallest absolute Gasteiger partial charge is 0.217 e. The van der Waals surface area contributed by atoms with Gasteiger partial charge in [-0.3, -0.25) is 0 Å². The highest BCUT2D eigenvalue weighted by molar-refractivity contribution is 9.10. The standard InChI is InChI=1S/C32H31BrN2O2/c1-35(2)18-17-32(36,26-14-13-22-9-7-8-12-24(22)19-26)30(23-10-5-4-6-11-23)28-21-25-20-27(33)15-16-29(25)34-31(28)37-3/h4-16,19-21,30,36H,17-18H2,1-3H3. The van der Waals surface area contributed by atoms with E-state index in [9.17, 15) is 5.11 Å². The minimum absolute atomic E-state index is 0.416. The number of aliphatic hydroxyl groups is 1. The van der Waals surface area contributed by atoms with Crippen LogP contribution in [0, 0.1) is 0 Å². The third-order valence-corrected chi connectivity index (χ3v) is 7.57. The molecule has 0 saturated heterocycles. The van der Waals surface area contributed by atoms with Gasteiger partial charge in [0.15, 0.2) is 0 Å². The second-order valence-corrected chi connectivity index (χ2v) is 10.7. The maximum atomic E-state index is 12.9. The monoisotopic (exact) mass is 554 g/mol. The fourth-order valence-electron chi connectivity index (χ4n) is 5.18. The minimum atomic E-state index is -1.23. The van der Waals surface area contributed by atoms with E-state index in [4.69, 9.17) is 9.72 Å². The van der Waals surface area contributed by atoms with Gasteiger partial charge in [0.2, 0.25) is 5.88 Å². The van der Waals surface area contributed by atoms with Crippen molar-refractivity contribution in [3.63, 3.8) is 0 Å². The summed E-state index contributed by atoms with van der Waals surface area (Å²) in [5.41, 5.74) is 2.35. The van der Waals surface area contributed by atoms with Crippen LogP contribution in [0.15, 0.2) is 102 Å². The highest BCUT2D eigenvalue weighted by Crippen LogP contribution is 2.47. The molecule has 5 rings (SSSR count). The van der Waals surface area contributed by atoms with Crippen LogP contribution in [0.5, 0.6) is 5.88 Å². The van der Waals surface area contributed by atoms with Crippen LogP contribution >= 0.6 is 15.9 Å². The SMILES string of the molecule is COc1nc2ccc(Br)cc2cc1C(c1ccccc1)C(O)(CCN(C)C)c1ccc2ccccc2c1. The van der Waals surface area contributed by atoms with Crippen molar-refractivity contribution in [1.82, 2.24) is 9.88 Å². The molecule has 0 fully saturated rings. The Hall–Kier alpha value is -3.25. The van der Waals surface area contributed by atoms with Crippen molar-refractivity contribution >= 4 is 37.6 Å². The zero-order valence-corrected chi connectivity index (χ0v) is 22.9. The molecular formula is C32H31BrN2O2. The van der Waals surface area contributed by atoms with Crippen LogP contribution in [0.2, 0.25) is 0 Å². The summed E-state index contributed by atoms with van der Waals surface area (Å²) in [4.78, 5) is 6.98. The molecule has 2 unspecified atom stereocenters. The van der Waals surface area contributed by atoms with Crippen LogP contribution in [-0.2, 0) is 5.60 Å². The highest BCUT2D eigenvalue weighted by atomic mass is 79.9. The molecule has 0 saturated carbocycles. The Kier molecular flexibility index (Phi) is 7.29. The molecule has 1 aromatic heterocycles. The van der Waals surface area contributed by atoms with E-state index in [-0.39, 0.29) is 0 Å². The van der Waals surface area contributed by atoms with Crippen LogP contribution in [0.1, 0.15) is 29.0 Å². The van der Waals surface area contributed by atoms with Crippen LogP contribution < -0.4 is 4.74 Å². The third kappa shape index (κ3) is 5.12. The molecule has 37 heavy (non-hydrogen) atoms. The molecule has 0 bridgehead atoms. The van der Waals surface area contributed by atoms with E-state index < -0.39 is 11.5 Å². The van der Waals surface area contributed by atoms with Gasteiger partial charge < -0.3 is 14.7 Å². The van der Waals surface area contributed by atoms with Crippen molar-refractivity contribution in [2.45, 2.75) is 17.9 Å². The summed E-state index contributed by atoms with van der Waals surface area (Å²) in [5, 5.41) is 16.1. The quantitative estimate of drug-likeness (QED) is 0.221. The van der Waals surface area contributed by atoms with E-state index >= 15 is 0 Å². The number of fused-ring (bicyclic) bond motifs is 2. The Balaban J connectivity index is 1.80. The van der Waals surface area contributed by atoms with Gasteiger partial charge in [-0.15, -0.1) is 0 Å². The number of benzene rings is 4. The summed E-state index contributed by atoms with van der Waals surface area (Å²) in [6.07, 6.45) is 0.525. The summed E-state index contributed by atoms with van der Waals surface area (Å²) in [6.45, 7) is 0.710. The molecule has 4 aromatic carbocycles. The molecule has 2 atom stereocenters. The van der Waals surface area contributed by atoms with Gasteiger partial charge in [0.05, 0.1) is 12.6 Å². The lowest BCUT2D eigenvalue weighted by atomic mass is 9.71. The molecule has 0 aliphatic heterocycles. The van der Waals surface area contributed by atoms with E-state index in [1.54, 1.807) is 7.11 Å². The number of hydrogen-bond acceptors (Lipinski definition) is 4. The van der Waals surface area contributed by atoms with Gasteiger partial charge in [-0.05, 0) is 72.7 Å². The zero-order chi connectivity index (χ0) is 26.0. The lowest BCUT2D eigenvalue weighted by molar-refractivity contribution is 0.00392. The topological polar surface area (TPSA) is 45.6 Å². The number of halogens is 1. The second kappa shape index (κ2) is 10.6. The van der Waals surface area contributed by atoms with Gasteiger partial charge in [0.25, 0.3) is 0 Å². The number of ether oxygens (including phenoxy) is 1. The number of hydrogen-bond donors (Lipinski definition) is 1. The molecule has 0 spiro atoms. The maximum absolute atomic E-state index is 12.9. The zero-order valence-electron chi connectivity index (χ0n) is 21.4. The summed E-state index contributed by atoms with van der Waals surface area (Å²) in [5.74, 6) is 0.105. The normalized spacial score (nSPS) is 14.1. The first-order valence-electron chi connectivity index (χ1n) is 12.4. The summed E-state index contributed by atoms with van der Waals surface area (Å²) in [6, 6.07) is 32.9. The molecule has 1 heterocycles. The van der Waals surface area contributed by atoms with Gasteiger partial charge in [-0.1, -0.05) is 82.7 Å². The predicted octanol–water partition coefficient (Wildman–Crippen LogP) is 7.13. The van der Waals surface area contributed by atoms with Gasteiger partial charge in [0, 0.05) is 27.9 Å². The number of nitrogens with zero attached hydrogens (tertiary/aromatic N) is 2. The fourth-order valence-corrected chi connectivity index (χ4v) is 5.56. The van der Waals surface area contributed by atoms with Gasteiger partial charge in [-0.2, -0.15) is 0 Å². The Morgan fingerprint density at radius 1 is 0.865 bits per heavy atom. The second-order valence-electron chi connectivity index (χ2n) is 9.81. The van der Waals surface area contributed by atoms with Gasteiger partial charge in [-0.25, -0.2) is 4.98 Å². The van der Waals surface area contributed by atoms with Crippen molar-refractivity contribution in [2.24, 2.45) is 0 Å². The van der Waals surface area contributed by atoms with Crippen molar-refractivity contribution < 1.29 is 9.84 Å². The van der Waals surface area contributed by atoms with Gasteiger partial charge >= 0.3 is 0 Å². The summed E-state index contributed by atoms with van der Waals surface area (Å²) >= 11 is 3.60. The first-order valence-corrected chi connectivity index (χ1v) is 13.2. The van der Waals surface area contributed by atoms with Gasteiger partial charge in [0.1, 0.15) is 5.60 Å². The number of rotatable bonds is 8. The molecule has 5 aromatic rings. The maximum Gasteiger partial charge on any atom is 0.217 e. The highest BCUT2D eigenvalue weighted by Gasteiger charge is 2.42. The van der Waals surface area contributed by atoms with E-state index in [1.807, 2.05) is 56.6 Å². The first-order chi connectivity index (χ1) is 17.9. The fraction of sp³-hybridized carbons (Fsp3) is 0.219. The van der Waals surface area contributed by atoms with E-state index in [0.717, 1.165) is 42.8 Å². The Labute approximate surface area is 226 Å². The Bertz CT molecular complexity index is 1540. The third-order valence-electron chi connectivity index (χ3n) is 7.07. The molecule has 0 aliphatic carbocycles. The molecule has 5 heteroatoms. The van der Waals surface area contributed by atoms with Crippen LogP contribution in [0.4, 0.5) is 0 Å².